The third kappa shape index (κ3) is 3.00. The summed E-state index contributed by atoms with van der Waals surface area (Å²) in [5, 5.41) is 0. The highest BCUT2D eigenvalue weighted by molar-refractivity contribution is 9.10. The van der Waals surface area contributed by atoms with Crippen molar-refractivity contribution in [3.8, 4) is 0 Å². The Bertz CT molecular complexity index is 452. The first kappa shape index (κ1) is 13.3. The average Bonchev–Trinajstić information content (AvgIpc) is 2.56. The van der Waals surface area contributed by atoms with Crippen LogP contribution in [0.4, 0.5) is 5.82 Å². The lowest BCUT2D eigenvalue weighted by Gasteiger charge is -2.21. The van der Waals surface area contributed by atoms with Crippen LogP contribution in [0.1, 0.15) is 16.8 Å². The van der Waals surface area contributed by atoms with E-state index >= 15 is 0 Å². The molecular formula is C12H17BrN4O. The van der Waals surface area contributed by atoms with Crippen molar-refractivity contribution in [2.75, 3.05) is 39.0 Å². The summed E-state index contributed by atoms with van der Waals surface area (Å²) < 4.78 is 0.770. The molecule has 0 radical (unpaired) electrons. The van der Waals surface area contributed by atoms with E-state index in [4.69, 9.17) is 5.73 Å². The van der Waals surface area contributed by atoms with Crippen LogP contribution in [0.3, 0.4) is 0 Å². The van der Waals surface area contributed by atoms with Gasteiger partial charge in [0.15, 0.2) is 0 Å². The molecule has 0 saturated carbocycles. The second-order valence-electron chi connectivity index (χ2n) is 4.54. The number of carbonyl (C=O) groups excluding carboxylic acids is 1. The molecule has 2 N–H and O–H groups in total. The standard InChI is InChI=1S/C12H17BrN4O/c1-16-3-2-4-17(6-5-16)12(18)10-7-9(13)8-15-11(10)14/h7-8H,2-6H2,1H3,(H2,14,15). The minimum Gasteiger partial charge on any atom is -0.383 e. The van der Waals surface area contributed by atoms with E-state index in [9.17, 15) is 4.79 Å². The van der Waals surface area contributed by atoms with E-state index in [0.717, 1.165) is 37.1 Å². The van der Waals surface area contributed by atoms with Gasteiger partial charge >= 0.3 is 0 Å². The van der Waals surface area contributed by atoms with Crippen molar-refractivity contribution < 1.29 is 4.79 Å². The van der Waals surface area contributed by atoms with E-state index in [2.05, 4.69) is 32.9 Å². The van der Waals surface area contributed by atoms with E-state index < -0.39 is 0 Å². The Morgan fingerprint density at radius 1 is 1.39 bits per heavy atom. The number of likely N-dealkylation sites (N-methyl/N-ethyl adjacent to an activating group) is 1. The Morgan fingerprint density at radius 3 is 2.94 bits per heavy atom. The van der Waals surface area contributed by atoms with E-state index in [0.29, 0.717) is 11.4 Å². The first-order valence-electron chi connectivity index (χ1n) is 5.97. The van der Waals surface area contributed by atoms with Gasteiger partial charge in [0, 0.05) is 30.3 Å². The SMILES string of the molecule is CN1CCCN(C(=O)c2cc(Br)cnc2N)CC1. The lowest BCUT2D eigenvalue weighted by molar-refractivity contribution is 0.0763. The third-order valence-corrected chi connectivity index (χ3v) is 3.56. The summed E-state index contributed by atoms with van der Waals surface area (Å²) in [7, 11) is 2.07. The van der Waals surface area contributed by atoms with Gasteiger partial charge in [0.25, 0.3) is 5.91 Å². The molecule has 1 fully saturated rings. The fourth-order valence-electron chi connectivity index (χ4n) is 2.04. The number of nitrogen functional groups attached to an aromatic ring is 1. The number of halogens is 1. The van der Waals surface area contributed by atoms with E-state index in [1.54, 1.807) is 12.3 Å². The summed E-state index contributed by atoms with van der Waals surface area (Å²) in [6.07, 6.45) is 2.59. The molecule has 1 aliphatic rings. The monoisotopic (exact) mass is 312 g/mol. The van der Waals surface area contributed by atoms with Crippen molar-refractivity contribution in [3.05, 3.63) is 22.3 Å². The number of nitrogens with two attached hydrogens (primary N) is 1. The van der Waals surface area contributed by atoms with Gasteiger partial charge in [-0.05, 0) is 42.0 Å². The molecule has 6 heteroatoms. The van der Waals surface area contributed by atoms with Gasteiger partial charge in [-0.1, -0.05) is 0 Å². The van der Waals surface area contributed by atoms with Gasteiger partial charge in [0.1, 0.15) is 5.82 Å². The minimum atomic E-state index is -0.0309. The molecule has 1 aliphatic heterocycles. The van der Waals surface area contributed by atoms with Crippen LogP contribution in [0.2, 0.25) is 0 Å². The number of carbonyl (C=O) groups is 1. The van der Waals surface area contributed by atoms with Crippen molar-refractivity contribution in [1.29, 1.82) is 0 Å². The van der Waals surface area contributed by atoms with Gasteiger partial charge in [-0.2, -0.15) is 0 Å². The molecule has 1 aromatic heterocycles. The van der Waals surface area contributed by atoms with Gasteiger partial charge < -0.3 is 15.5 Å². The Labute approximate surface area is 115 Å². The number of hydrogen-bond acceptors (Lipinski definition) is 4. The normalized spacial score (nSPS) is 17.6. The smallest absolute Gasteiger partial charge is 0.257 e. The fourth-order valence-corrected chi connectivity index (χ4v) is 2.37. The highest BCUT2D eigenvalue weighted by Gasteiger charge is 2.21. The largest absolute Gasteiger partial charge is 0.383 e. The van der Waals surface area contributed by atoms with Crippen LogP contribution in [0.5, 0.6) is 0 Å². The zero-order valence-corrected chi connectivity index (χ0v) is 12.0. The predicted octanol–water partition coefficient (Wildman–Crippen LogP) is 1.20. The van der Waals surface area contributed by atoms with Gasteiger partial charge in [-0.3, -0.25) is 4.79 Å². The minimum absolute atomic E-state index is 0.0309. The maximum atomic E-state index is 12.4. The third-order valence-electron chi connectivity index (χ3n) is 3.12. The number of pyridine rings is 1. The van der Waals surface area contributed by atoms with Gasteiger partial charge in [0.05, 0.1) is 5.56 Å². The first-order chi connectivity index (χ1) is 8.58. The van der Waals surface area contributed by atoms with Crippen LogP contribution >= 0.6 is 15.9 Å². The molecule has 0 aliphatic carbocycles. The molecule has 1 saturated heterocycles. The Balaban J connectivity index is 2.17. The number of rotatable bonds is 1. The highest BCUT2D eigenvalue weighted by Crippen LogP contribution is 2.18. The Hall–Kier alpha value is -1.14. The summed E-state index contributed by atoms with van der Waals surface area (Å²) in [6.45, 7) is 3.43. The summed E-state index contributed by atoms with van der Waals surface area (Å²) in [6, 6.07) is 1.74. The molecule has 0 aromatic carbocycles. The fraction of sp³-hybridized carbons (Fsp3) is 0.500. The van der Waals surface area contributed by atoms with Crippen LogP contribution in [-0.2, 0) is 0 Å². The second-order valence-corrected chi connectivity index (χ2v) is 5.45. The number of hydrogen-bond donors (Lipinski definition) is 1. The van der Waals surface area contributed by atoms with E-state index in [1.807, 2.05) is 4.90 Å². The van der Waals surface area contributed by atoms with Crippen molar-refractivity contribution in [1.82, 2.24) is 14.8 Å². The number of aromatic nitrogens is 1. The molecule has 1 amide bonds. The zero-order valence-electron chi connectivity index (χ0n) is 10.4. The van der Waals surface area contributed by atoms with Crippen LogP contribution in [0, 0.1) is 0 Å². The van der Waals surface area contributed by atoms with Crippen molar-refractivity contribution in [2.45, 2.75) is 6.42 Å². The van der Waals surface area contributed by atoms with Crippen LogP contribution in [0.15, 0.2) is 16.7 Å². The molecule has 2 heterocycles. The summed E-state index contributed by atoms with van der Waals surface area (Å²) in [5.41, 5.74) is 6.25. The lowest BCUT2D eigenvalue weighted by atomic mass is 10.2. The van der Waals surface area contributed by atoms with E-state index in [1.165, 1.54) is 0 Å². The van der Waals surface area contributed by atoms with Gasteiger partial charge in [-0.25, -0.2) is 4.98 Å². The highest BCUT2D eigenvalue weighted by atomic mass is 79.9. The second kappa shape index (κ2) is 5.67. The summed E-state index contributed by atoms with van der Waals surface area (Å²) >= 11 is 3.32. The molecule has 0 bridgehead atoms. The maximum Gasteiger partial charge on any atom is 0.257 e. The zero-order chi connectivity index (χ0) is 13.1. The van der Waals surface area contributed by atoms with Gasteiger partial charge in [0.2, 0.25) is 0 Å². The molecule has 0 spiro atoms. The molecule has 0 unspecified atom stereocenters. The predicted molar refractivity (Wildman–Crippen MR) is 74.4 cm³/mol. The Kier molecular flexibility index (Phi) is 4.19. The quantitative estimate of drug-likeness (QED) is 0.846. The van der Waals surface area contributed by atoms with Crippen LogP contribution < -0.4 is 5.73 Å². The lowest BCUT2D eigenvalue weighted by Crippen LogP contribution is -2.35. The molecule has 1 aromatic rings. The number of anilines is 1. The van der Waals surface area contributed by atoms with Gasteiger partial charge in [-0.15, -0.1) is 0 Å². The number of amides is 1. The molecule has 2 rings (SSSR count). The van der Waals surface area contributed by atoms with Crippen molar-refractivity contribution in [2.24, 2.45) is 0 Å². The van der Waals surface area contributed by atoms with Crippen LogP contribution in [-0.4, -0.2) is 53.9 Å². The summed E-state index contributed by atoms with van der Waals surface area (Å²) in [4.78, 5) is 20.5. The van der Waals surface area contributed by atoms with Crippen LogP contribution in [0.25, 0.3) is 0 Å². The molecule has 0 atom stereocenters. The molecule has 18 heavy (non-hydrogen) atoms. The maximum absolute atomic E-state index is 12.4. The molecular weight excluding hydrogens is 296 g/mol. The first-order valence-corrected chi connectivity index (χ1v) is 6.76. The molecule has 98 valence electrons. The van der Waals surface area contributed by atoms with E-state index in [-0.39, 0.29) is 5.91 Å². The Morgan fingerprint density at radius 2 is 2.17 bits per heavy atom. The topological polar surface area (TPSA) is 62.5 Å². The summed E-state index contributed by atoms with van der Waals surface area (Å²) in [5.74, 6) is 0.261. The number of nitrogens with zero attached hydrogens (tertiary/aromatic N) is 3. The van der Waals surface area contributed by atoms with Crippen molar-refractivity contribution >= 4 is 27.7 Å². The molecule has 5 nitrogen and oxygen atoms in total. The average molecular weight is 313 g/mol. The van der Waals surface area contributed by atoms with Crippen molar-refractivity contribution in [3.63, 3.8) is 0 Å².